The number of nitrogens with zero attached hydrogens (tertiary/aromatic N) is 4. The van der Waals surface area contributed by atoms with E-state index in [2.05, 4.69) is 33.6 Å². The summed E-state index contributed by atoms with van der Waals surface area (Å²) in [6.07, 6.45) is 1.57. The maximum atomic E-state index is 5.89. The second kappa shape index (κ2) is 5.06. The lowest BCUT2D eigenvalue weighted by molar-refractivity contribution is 0.199. The molecule has 2 heterocycles. The summed E-state index contributed by atoms with van der Waals surface area (Å²) in [5.41, 5.74) is 6.48. The first-order valence-electron chi connectivity index (χ1n) is 5.88. The molecule has 2 N–H and O–H groups in total. The largest absolute Gasteiger partial charge is 0.394 e. The van der Waals surface area contributed by atoms with Crippen molar-refractivity contribution in [2.24, 2.45) is 0 Å². The number of anilines is 2. The SMILES string of the molecule is CCN1CCN(c2nc(Cl)ncc2N)CC1C. The number of nitrogen functional groups attached to an aromatic ring is 1. The number of nitrogens with two attached hydrogens (primary N) is 1. The van der Waals surface area contributed by atoms with E-state index in [0.29, 0.717) is 11.7 Å². The van der Waals surface area contributed by atoms with E-state index in [1.807, 2.05) is 0 Å². The van der Waals surface area contributed by atoms with Crippen LogP contribution in [0, 0.1) is 0 Å². The minimum absolute atomic E-state index is 0.250. The highest BCUT2D eigenvalue weighted by Gasteiger charge is 2.24. The van der Waals surface area contributed by atoms with Crippen LogP contribution < -0.4 is 10.6 Å². The summed E-state index contributed by atoms with van der Waals surface area (Å²) in [7, 11) is 0. The van der Waals surface area contributed by atoms with Crippen molar-refractivity contribution in [3.63, 3.8) is 0 Å². The molecule has 2 rings (SSSR count). The van der Waals surface area contributed by atoms with Gasteiger partial charge in [0.1, 0.15) is 0 Å². The van der Waals surface area contributed by atoms with Crippen LogP contribution in [0.5, 0.6) is 0 Å². The van der Waals surface area contributed by atoms with Gasteiger partial charge in [-0.25, -0.2) is 4.98 Å². The summed E-state index contributed by atoms with van der Waals surface area (Å²) in [4.78, 5) is 12.7. The first-order valence-corrected chi connectivity index (χ1v) is 6.26. The fourth-order valence-electron chi connectivity index (χ4n) is 2.27. The Kier molecular flexibility index (Phi) is 3.69. The van der Waals surface area contributed by atoms with Gasteiger partial charge in [-0.3, -0.25) is 4.90 Å². The topological polar surface area (TPSA) is 58.3 Å². The third-order valence-corrected chi connectivity index (χ3v) is 3.42. The van der Waals surface area contributed by atoms with Gasteiger partial charge in [0.2, 0.25) is 5.28 Å². The molecule has 1 fully saturated rings. The van der Waals surface area contributed by atoms with Gasteiger partial charge in [0.05, 0.1) is 11.9 Å². The highest BCUT2D eigenvalue weighted by atomic mass is 35.5. The summed E-state index contributed by atoms with van der Waals surface area (Å²) in [5, 5.41) is 0.250. The molecular formula is C11H18ClN5. The van der Waals surface area contributed by atoms with Crippen LogP contribution in [0.25, 0.3) is 0 Å². The first-order chi connectivity index (χ1) is 8.11. The Hall–Kier alpha value is -1.07. The molecule has 0 saturated carbocycles. The quantitative estimate of drug-likeness (QED) is 0.806. The van der Waals surface area contributed by atoms with E-state index in [4.69, 9.17) is 17.3 Å². The van der Waals surface area contributed by atoms with Crippen molar-refractivity contribution in [2.45, 2.75) is 19.9 Å². The number of rotatable bonds is 2. The van der Waals surface area contributed by atoms with Gasteiger partial charge in [0, 0.05) is 25.7 Å². The van der Waals surface area contributed by atoms with Crippen molar-refractivity contribution < 1.29 is 0 Å². The number of aromatic nitrogens is 2. The molecule has 1 aromatic heterocycles. The average Bonchev–Trinajstić information content (AvgIpc) is 2.32. The smallest absolute Gasteiger partial charge is 0.224 e. The zero-order valence-electron chi connectivity index (χ0n) is 10.2. The summed E-state index contributed by atoms with van der Waals surface area (Å²) in [5.74, 6) is 0.757. The first kappa shape index (κ1) is 12.4. The molecule has 17 heavy (non-hydrogen) atoms. The second-order valence-electron chi connectivity index (χ2n) is 4.34. The van der Waals surface area contributed by atoms with Gasteiger partial charge >= 0.3 is 0 Å². The molecule has 5 nitrogen and oxygen atoms in total. The average molecular weight is 256 g/mol. The summed E-state index contributed by atoms with van der Waals surface area (Å²) >= 11 is 5.81. The van der Waals surface area contributed by atoms with Crippen molar-refractivity contribution in [1.82, 2.24) is 14.9 Å². The third-order valence-electron chi connectivity index (χ3n) is 3.24. The molecule has 0 aromatic carbocycles. The van der Waals surface area contributed by atoms with Gasteiger partial charge in [-0.15, -0.1) is 0 Å². The van der Waals surface area contributed by atoms with Crippen molar-refractivity contribution >= 4 is 23.1 Å². The van der Waals surface area contributed by atoms with Crippen LogP contribution in [0.4, 0.5) is 11.5 Å². The van der Waals surface area contributed by atoms with Crippen molar-refractivity contribution in [3.8, 4) is 0 Å². The second-order valence-corrected chi connectivity index (χ2v) is 4.68. The Morgan fingerprint density at radius 1 is 1.53 bits per heavy atom. The maximum Gasteiger partial charge on any atom is 0.224 e. The van der Waals surface area contributed by atoms with Crippen molar-refractivity contribution in [1.29, 1.82) is 0 Å². The zero-order valence-corrected chi connectivity index (χ0v) is 11.0. The number of piperazine rings is 1. The standard InChI is InChI=1S/C11H18ClN5/c1-3-16-4-5-17(7-8(16)2)10-9(13)6-14-11(12)15-10/h6,8H,3-5,7,13H2,1-2H3. The fraction of sp³-hybridized carbons (Fsp3) is 0.636. The number of likely N-dealkylation sites (N-methyl/N-ethyl adjacent to an activating group) is 1. The Labute approximate surface area is 107 Å². The summed E-state index contributed by atoms with van der Waals surface area (Å²) in [6.45, 7) is 8.35. The Balaban J connectivity index is 2.16. The van der Waals surface area contributed by atoms with E-state index in [0.717, 1.165) is 32.0 Å². The van der Waals surface area contributed by atoms with Crippen molar-refractivity contribution in [2.75, 3.05) is 36.8 Å². The van der Waals surface area contributed by atoms with Crippen LogP contribution >= 0.6 is 11.6 Å². The highest BCUT2D eigenvalue weighted by Crippen LogP contribution is 2.23. The molecule has 1 saturated heterocycles. The van der Waals surface area contributed by atoms with Crippen LogP contribution in [-0.2, 0) is 0 Å². The molecule has 0 aliphatic carbocycles. The van der Waals surface area contributed by atoms with Crippen LogP contribution in [0.15, 0.2) is 6.20 Å². The lowest BCUT2D eigenvalue weighted by Crippen LogP contribution is -2.52. The lowest BCUT2D eigenvalue weighted by atomic mass is 10.2. The summed E-state index contributed by atoms with van der Waals surface area (Å²) < 4.78 is 0. The van der Waals surface area contributed by atoms with Gasteiger partial charge < -0.3 is 10.6 Å². The van der Waals surface area contributed by atoms with Gasteiger partial charge in [-0.1, -0.05) is 6.92 Å². The summed E-state index contributed by atoms with van der Waals surface area (Å²) in [6, 6.07) is 0.502. The Bertz CT molecular complexity index is 397. The number of hydrogen-bond acceptors (Lipinski definition) is 5. The van der Waals surface area contributed by atoms with Gasteiger partial charge in [0.15, 0.2) is 5.82 Å². The van der Waals surface area contributed by atoms with Crippen LogP contribution in [0.1, 0.15) is 13.8 Å². The van der Waals surface area contributed by atoms with Gasteiger partial charge in [0.25, 0.3) is 0 Å². The third kappa shape index (κ3) is 2.61. The predicted molar refractivity (Wildman–Crippen MR) is 70.4 cm³/mol. The molecule has 1 aliphatic heterocycles. The molecule has 0 spiro atoms. The molecule has 6 heteroatoms. The van der Waals surface area contributed by atoms with Crippen LogP contribution in [0.3, 0.4) is 0 Å². The number of halogens is 1. The predicted octanol–water partition coefficient (Wildman–Crippen LogP) is 1.24. The molecule has 1 unspecified atom stereocenters. The molecule has 0 bridgehead atoms. The lowest BCUT2D eigenvalue weighted by Gasteiger charge is -2.40. The van der Waals surface area contributed by atoms with Crippen LogP contribution in [-0.4, -0.2) is 47.1 Å². The molecule has 0 radical (unpaired) electrons. The zero-order chi connectivity index (χ0) is 12.4. The minimum Gasteiger partial charge on any atom is -0.394 e. The highest BCUT2D eigenvalue weighted by molar-refractivity contribution is 6.28. The van der Waals surface area contributed by atoms with E-state index >= 15 is 0 Å². The normalized spacial score (nSPS) is 21.8. The Morgan fingerprint density at radius 2 is 2.29 bits per heavy atom. The van der Waals surface area contributed by atoms with E-state index in [1.54, 1.807) is 6.20 Å². The molecular weight excluding hydrogens is 238 g/mol. The van der Waals surface area contributed by atoms with Gasteiger partial charge in [-0.2, -0.15) is 4.98 Å². The van der Waals surface area contributed by atoms with E-state index in [1.165, 1.54) is 0 Å². The molecule has 94 valence electrons. The van der Waals surface area contributed by atoms with Crippen molar-refractivity contribution in [3.05, 3.63) is 11.5 Å². The fourth-order valence-corrected chi connectivity index (χ4v) is 2.40. The molecule has 1 aromatic rings. The molecule has 1 atom stereocenters. The van der Waals surface area contributed by atoms with E-state index in [9.17, 15) is 0 Å². The van der Waals surface area contributed by atoms with E-state index < -0.39 is 0 Å². The monoisotopic (exact) mass is 255 g/mol. The molecule has 1 aliphatic rings. The Morgan fingerprint density at radius 3 is 2.94 bits per heavy atom. The number of hydrogen-bond donors (Lipinski definition) is 1. The van der Waals surface area contributed by atoms with Crippen LogP contribution in [0.2, 0.25) is 5.28 Å². The van der Waals surface area contributed by atoms with Gasteiger partial charge in [-0.05, 0) is 25.1 Å². The molecule has 0 amide bonds. The minimum atomic E-state index is 0.250. The van der Waals surface area contributed by atoms with E-state index in [-0.39, 0.29) is 5.28 Å². The maximum absolute atomic E-state index is 5.89.